The maximum Gasteiger partial charge on any atom is 0.318 e. The minimum atomic E-state index is -0.799. The SMILES string of the molecule is Cc1cc(CN2CCN(CCC(=O)NC(N)=O)CC2)on1. The second-order valence-electron chi connectivity index (χ2n) is 5.21. The standard InChI is InChI=1S/C13H21N5O3/c1-10-8-11(21-16-10)9-18-6-4-17(5-7-18)3-2-12(19)15-13(14)20/h8H,2-7,9H2,1H3,(H3,14,15,19,20). The molecule has 0 radical (unpaired) electrons. The van der Waals surface area contributed by atoms with Crippen molar-refractivity contribution >= 4 is 11.9 Å². The van der Waals surface area contributed by atoms with Gasteiger partial charge in [-0.1, -0.05) is 5.16 Å². The zero-order valence-electron chi connectivity index (χ0n) is 12.2. The molecule has 2 rings (SSSR count). The van der Waals surface area contributed by atoms with Crippen molar-refractivity contribution < 1.29 is 14.1 Å². The Bertz CT molecular complexity index is 494. The van der Waals surface area contributed by atoms with E-state index in [0.29, 0.717) is 6.54 Å². The summed E-state index contributed by atoms with van der Waals surface area (Å²) in [4.78, 5) is 26.4. The summed E-state index contributed by atoms with van der Waals surface area (Å²) >= 11 is 0. The number of rotatable bonds is 5. The Hall–Kier alpha value is -1.93. The van der Waals surface area contributed by atoms with Crippen molar-refractivity contribution in [2.75, 3.05) is 32.7 Å². The first kappa shape index (κ1) is 15.5. The molecule has 3 N–H and O–H groups in total. The highest BCUT2D eigenvalue weighted by Gasteiger charge is 2.18. The van der Waals surface area contributed by atoms with Crippen molar-refractivity contribution in [2.45, 2.75) is 19.9 Å². The van der Waals surface area contributed by atoms with Crippen molar-refractivity contribution in [3.63, 3.8) is 0 Å². The lowest BCUT2D eigenvalue weighted by Crippen LogP contribution is -2.47. The molecule has 1 saturated heterocycles. The molecule has 0 unspecified atom stereocenters. The van der Waals surface area contributed by atoms with E-state index in [2.05, 4.69) is 20.3 Å². The number of carbonyl (C=O) groups excluding carboxylic acids is 2. The fourth-order valence-corrected chi connectivity index (χ4v) is 2.34. The van der Waals surface area contributed by atoms with E-state index in [4.69, 9.17) is 10.3 Å². The molecule has 2 heterocycles. The van der Waals surface area contributed by atoms with Crippen LogP contribution in [0.4, 0.5) is 4.79 Å². The van der Waals surface area contributed by atoms with Crippen LogP contribution in [0.3, 0.4) is 0 Å². The van der Waals surface area contributed by atoms with Gasteiger partial charge in [0, 0.05) is 45.2 Å². The first-order chi connectivity index (χ1) is 10.0. The zero-order chi connectivity index (χ0) is 15.2. The smallest absolute Gasteiger partial charge is 0.318 e. The van der Waals surface area contributed by atoms with E-state index in [9.17, 15) is 9.59 Å². The predicted octanol–water partition coefficient (Wildman–Crippen LogP) is -0.314. The first-order valence-electron chi connectivity index (χ1n) is 6.99. The second-order valence-corrected chi connectivity index (χ2v) is 5.21. The third-order valence-corrected chi connectivity index (χ3v) is 3.44. The third-order valence-electron chi connectivity index (χ3n) is 3.44. The molecule has 1 fully saturated rings. The number of primary amides is 1. The Kier molecular flexibility index (Phi) is 5.29. The molecule has 1 aliphatic rings. The molecule has 1 aliphatic heterocycles. The van der Waals surface area contributed by atoms with Gasteiger partial charge < -0.3 is 15.2 Å². The summed E-state index contributed by atoms with van der Waals surface area (Å²) in [5, 5.41) is 5.94. The molecule has 116 valence electrons. The van der Waals surface area contributed by atoms with Gasteiger partial charge >= 0.3 is 6.03 Å². The van der Waals surface area contributed by atoms with Gasteiger partial charge in [-0.2, -0.15) is 0 Å². The van der Waals surface area contributed by atoms with Crippen molar-refractivity contribution in [3.05, 3.63) is 17.5 Å². The second kappa shape index (κ2) is 7.19. The van der Waals surface area contributed by atoms with Crippen LogP contribution in [-0.2, 0) is 11.3 Å². The van der Waals surface area contributed by atoms with E-state index in [1.165, 1.54) is 0 Å². The van der Waals surface area contributed by atoms with Crippen LogP contribution in [0.2, 0.25) is 0 Å². The average molecular weight is 295 g/mol. The fraction of sp³-hybridized carbons (Fsp3) is 0.615. The summed E-state index contributed by atoms with van der Waals surface area (Å²) in [7, 11) is 0. The maximum atomic E-state index is 11.3. The largest absolute Gasteiger partial charge is 0.360 e. The topological polar surface area (TPSA) is 105 Å². The Morgan fingerprint density at radius 1 is 1.33 bits per heavy atom. The summed E-state index contributed by atoms with van der Waals surface area (Å²) in [5.74, 6) is 0.545. The summed E-state index contributed by atoms with van der Waals surface area (Å²) in [6, 6.07) is 1.15. The summed E-state index contributed by atoms with van der Waals surface area (Å²) in [6.07, 6.45) is 0.282. The van der Waals surface area contributed by atoms with Gasteiger partial charge in [0.2, 0.25) is 5.91 Å². The number of aromatic nitrogens is 1. The molecule has 0 aliphatic carbocycles. The summed E-state index contributed by atoms with van der Waals surface area (Å²) in [5.41, 5.74) is 5.78. The lowest BCUT2D eigenvalue weighted by Gasteiger charge is -2.33. The molecule has 0 spiro atoms. The lowest BCUT2D eigenvalue weighted by molar-refractivity contribution is -0.120. The van der Waals surface area contributed by atoms with E-state index >= 15 is 0 Å². The summed E-state index contributed by atoms with van der Waals surface area (Å²) < 4.78 is 5.21. The minimum Gasteiger partial charge on any atom is -0.360 e. The van der Waals surface area contributed by atoms with Gasteiger partial charge in [-0.05, 0) is 6.92 Å². The molecule has 0 bridgehead atoms. The summed E-state index contributed by atoms with van der Waals surface area (Å²) in [6.45, 7) is 6.90. The van der Waals surface area contributed by atoms with Gasteiger partial charge in [0.15, 0.2) is 5.76 Å². The Balaban J connectivity index is 1.66. The average Bonchev–Trinajstić information content (AvgIpc) is 2.83. The molecule has 0 aromatic carbocycles. The number of aryl methyl sites for hydroxylation is 1. The molecular weight excluding hydrogens is 274 g/mol. The van der Waals surface area contributed by atoms with Gasteiger partial charge in [0.25, 0.3) is 0 Å². The number of hydrogen-bond acceptors (Lipinski definition) is 6. The van der Waals surface area contributed by atoms with Crippen molar-refractivity contribution in [2.24, 2.45) is 5.73 Å². The van der Waals surface area contributed by atoms with Crippen molar-refractivity contribution in [1.29, 1.82) is 0 Å². The minimum absolute atomic E-state index is 0.282. The van der Waals surface area contributed by atoms with Gasteiger partial charge in [-0.25, -0.2) is 4.79 Å². The predicted molar refractivity (Wildman–Crippen MR) is 75.3 cm³/mol. The van der Waals surface area contributed by atoms with Gasteiger partial charge in [0.1, 0.15) is 0 Å². The van der Waals surface area contributed by atoms with Gasteiger partial charge in [-0.3, -0.25) is 15.0 Å². The third kappa shape index (κ3) is 5.16. The van der Waals surface area contributed by atoms with Crippen LogP contribution in [0.25, 0.3) is 0 Å². The lowest BCUT2D eigenvalue weighted by atomic mass is 10.2. The van der Waals surface area contributed by atoms with Crippen molar-refractivity contribution in [1.82, 2.24) is 20.3 Å². The van der Waals surface area contributed by atoms with Crippen LogP contribution in [0.15, 0.2) is 10.6 Å². The first-order valence-corrected chi connectivity index (χ1v) is 6.99. The Morgan fingerprint density at radius 3 is 2.57 bits per heavy atom. The van der Waals surface area contributed by atoms with Gasteiger partial charge in [-0.15, -0.1) is 0 Å². The Labute approximate surface area is 123 Å². The zero-order valence-corrected chi connectivity index (χ0v) is 12.2. The monoisotopic (exact) mass is 295 g/mol. The van der Waals surface area contributed by atoms with E-state index in [-0.39, 0.29) is 12.3 Å². The highest BCUT2D eigenvalue weighted by Crippen LogP contribution is 2.09. The van der Waals surface area contributed by atoms with Crippen LogP contribution < -0.4 is 11.1 Å². The number of nitrogens with one attached hydrogen (secondary N) is 1. The molecule has 1 aromatic heterocycles. The van der Waals surface area contributed by atoms with E-state index < -0.39 is 6.03 Å². The quantitative estimate of drug-likeness (QED) is 0.772. The molecule has 8 nitrogen and oxygen atoms in total. The number of nitrogens with zero attached hydrogens (tertiary/aromatic N) is 3. The van der Waals surface area contributed by atoms with E-state index in [1.807, 2.05) is 13.0 Å². The molecule has 21 heavy (non-hydrogen) atoms. The number of imide groups is 1. The maximum absolute atomic E-state index is 11.3. The van der Waals surface area contributed by atoms with Crippen LogP contribution >= 0.6 is 0 Å². The molecule has 0 saturated carbocycles. The number of nitrogens with two attached hydrogens (primary N) is 1. The number of amides is 3. The number of carbonyl (C=O) groups is 2. The number of urea groups is 1. The van der Waals surface area contributed by atoms with Crippen LogP contribution in [0, 0.1) is 6.92 Å². The molecule has 3 amide bonds. The van der Waals surface area contributed by atoms with E-state index in [1.54, 1.807) is 0 Å². The fourth-order valence-electron chi connectivity index (χ4n) is 2.34. The number of hydrogen-bond donors (Lipinski definition) is 2. The molecular formula is C13H21N5O3. The van der Waals surface area contributed by atoms with Crippen molar-refractivity contribution in [3.8, 4) is 0 Å². The molecule has 0 atom stereocenters. The van der Waals surface area contributed by atoms with Crippen LogP contribution in [0.5, 0.6) is 0 Å². The van der Waals surface area contributed by atoms with Gasteiger partial charge in [0.05, 0.1) is 12.2 Å². The van der Waals surface area contributed by atoms with Crippen LogP contribution in [0.1, 0.15) is 17.9 Å². The molecule has 8 heteroatoms. The highest BCUT2D eigenvalue weighted by molar-refractivity contribution is 5.93. The molecule has 1 aromatic rings. The number of piperazine rings is 1. The van der Waals surface area contributed by atoms with E-state index in [0.717, 1.165) is 44.2 Å². The van der Waals surface area contributed by atoms with Crippen LogP contribution in [-0.4, -0.2) is 59.6 Å². The Morgan fingerprint density at radius 2 is 2.00 bits per heavy atom. The normalized spacial score (nSPS) is 16.8. The highest BCUT2D eigenvalue weighted by atomic mass is 16.5.